The predicted molar refractivity (Wildman–Crippen MR) is 81.9 cm³/mol. The van der Waals surface area contributed by atoms with Crippen LogP contribution in [0.4, 0.5) is 5.69 Å². The number of aryl methyl sites for hydroxylation is 1. The van der Waals surface area contributed by atoms with Crippen molar-refractivity contribution in [3.63, 3.8) is 0 Å². The van der Waals surface area contributed by atoms with Gasteiger partial charge in [0.2, 0.25) is 0 Å². The Hall–Kier alpha value is -2.43. The Morgan fingerprint density at radius 2 is 2.00 bits per heavy atom. The van der Waals surface area contributed by atoms with Crippen molar-refractivity contribution in [3.05, 3.63) is 42.2 Å². The topological polar surface area (TPSA) is 64.1 Å². The number of nitrogens with zero attached hydrogens (tertiary/aromatic N) is 2. The summed E-state index contributed by atoms with van der Waals surface area (Å²) in [6.45, 7) is 3.87. The fourth-order valence-corrected chi connectivity index (χ4v) is 1.97. The number of hydrogen-bond donors (Lipinski definition) is 1. The summed E-state index contributed by atoms with van der Waals surface area (Å²) in [7, 11) is 1.39. The van der Waals surface area contributed by atoms with Crippen molar-refractivity contribution in [1.82, 2.24) is 9.97 Å². The molecule has 0 unspecified atom stereocenters. The summed E-state index contributed by atoms with van der Waals surface area (Å²) in [5.74, 6) is 0.435. The van der Waals surface area contributed by atoms with E-state index in [0.29, 0.717) is 12.2 Å². The highest BCUT2D eigenvalue weighted by Crippen LogP contribution is 2.19. The zero-order chi connectivity index (χ0) is 15.2. The molecule has 1 aromatic carbocycles. The van der Waals surface area contributed by atoms with Gasteiger partial charge in [0.05, 0.1) is 7.11 Å². The molecular formula is C16H19N3O2. The minimum atomic E-state index is -0.337. The SMILES string of the molecule is CC[C@@H](Nc1ccc(-c2nccc(C)n2)cc1)C(=O)OC. The molecule has 0 aliphatic carbocycles. The minimum Gasteiger partial charge on any atom is -0.467 e. The van der Waals surface area contributed by atoms with Gasteiger partial charge in [-0.1, -0.05) is 6.92 Å². The smallest absolute Gasteiger partial charge is 0.328 e. The molecule has 0 amide bonds. The van der Waals surface area contributed by atoms with Crippen LogP contribution in [0.15, 0.2) is 36.5 Å². The van der Waals surface area contributed by atoms with Crippen LogP contribution in [0.3, 0.4) is 0 Å². The van der Waals surface area contributed by atoms with Gasteiger partial charge in [-0.3, -0.25) is 0 Å². The van der Waals surface area contributed by atoms with Crippen LogP contribution in [0.5, 0.6) is 0 Å². The van der Waals surface area contributed by atoms with E-state index >= 15 is 0 Å². The van der Waals surface area contributed by atoms with Gasteiger partial charge in [0.1, 0.15) is 6.04 Å². The van der Waals surface area contributed by atoms with Gasteiger partial charge in [0.25, 0.3) is 0 Å². The van der Waals surface area contributed by atoms with E-state index in [0.717, 1.165) is 16.9 Å². The van der Waals surface area contributed by atoms with Crippen LogP contribution in [0, 0.1) is 6.92 Å². The Labute approximate surface area is 124 Å². The van der Waals surface area contributed by atoms with E-state index in [4.69, 9.17) is 4.74 Å². The van der Waals surface area contributed by atoms with Crippen molar-refractivity contribution >= 4 is 11.7 Å². The second-order valence-electron chi connectivity index (χ2n) is 4.73. The lowest BCUT2D eigenvalue weighted by molar-refractivity contribution is -0.141. The number of ether oxygens (including phenoxy) is 1. The van der Waals surface area contributed by atoms with Gasteiger partial charge in [-0.25, -0.2) is 14.8 Å². The Bertz CT molecular complexity index is 611. The number of anilines is 1. The third kappa shape index (κ3) is 3.78. The summed E-state index contributed by atoms with van der Waals surface area (Å²) >= 11 is 0. The van der Waals surface area contributed by atoms with E-state index in [2.05, 4.69) is 15.3 Å². The van der Waals surface area contributed by atoms with E-state index < -0.39 is 0 Å². The molecule has 0 saturated heterocycles. The molecule has 2 aromatic rings. The summed E-state index contributed by atoms with van der Waals surface area (Å²) in [6.07, 6.45) is 2.41. The zero-order valence-corrected chi connectivity index (χ0v) is 12.5. The molecule has 0 spiro atoms. The lowest BCUT2D eigenvalue weighted by Crippen LogP contribution is -2.29. The molecule has 1 aromatic heterocycles. The number of esters is 1. The number of carbonyl (C=O) groups excluding carboxylic acids is 1. The maximum Gasteiger partial charge on any atom is 0.328 e. The summed E-state index contributed by atoms with van der Waals surface area (Å²) in [5, 5.41) is 3.15. The molecule has 0 saturated carbocycles. The second-order valence-corrected chi connectivity index (χ2v) is 4.73. The average Bonchev–Trinajstić information content (AvgIpc) is 2.52. The van der Waals surface area contributed by atoms with Gasteiger partial charge >= 0.3 is 5.97 Å². The van der Waals surface area contributed by atoms with Crippen LogP contribution < -0.4 is 5.32 Å². The molecule has 0 bridgehead atoms. The van der Waals surface area contributed by atoms with Gasteiger partial charge in [-0.05, 0) is 43.7 Å². The van der Waals surface area contributed by atoms with Gasteiger partial charge in [0.15, 0.2) is 5.82 Å². The number of nitrogens with one attached hydrogen (secondary N) is 1. The fraction of sp³-hybridized carbons (Fsp3) is 0.312. The van der Waals surface area contributed by atoms with Crippen LogP contribution in [-0.4, -0.2) is 29.1 Å². The summed E-state index contributed by atoms with van der Waals surface area (Å²) < 4.78 is 4.76. The van der Waals surface area contributed by atoms with E-state index in [9.17, 15) is 4.79 Å². The van der Waals surface area contributed by atoms with Crippen LogP contribution in [0.1, 0.15) is 19.0 Å². The molecule has 2 rings (SSSR count). The van der Waals surface area contributed by atoms with Crippen LogP contribution in [0.25, 0.3) is 11.4 Å². The quantitative estimate of drug-likeness (QED) is 0.856. The van der Waals surface area contributed by atoms with Crippen molar-refractivity contribution in [1.29, 1.82) is 0 Å². The third-order valence-corrected chi connectivity index (χ3v) is 3.17. The molecule has 5 heteroatoms. The monoisotopic (exact) mass is 285 g/mol. The van der Waals surface area contributed by atoms with Gasteiger partial charge in [-0.15, -0.1) is 0 Å². The molecule has 0 aliphatic heterocycles. The van der Waals surface area contributed by atoms with Crippen molar-refractivity contribution in [2.24, 2.45) is 0 Å². The van der Waals surface area contributed by atoms with Gasteiger partial charge in [0, 0.05) is 23.1 Å². The fourth-order valence-electron chi connectivity index (χ4n) is 1.97. The second kappa shape index (κ2) is 6.83. The first-order chi connectivity index (χ1) is 10.1. The van der Waals surface area contributed by atoms with Crippen molar-refractivity contribution in [3.8, 4) is 11.4 Å². The van der Waals surface area contributed by atoms with Crippen LogP contribution >= 0.6 is 0 Å². The van der Waals surface area contributed by atoms with Gasteiger partial charge in [-0.2, -0.15) is 0 Å². The minimum absolute atomic E-state index is 0.261. The van der Waals surface area contributed by atoms with E-state index in [1.165, 1.54) is 7.11 Å². The van der Waals surface area contributed by atoms with Gasteiger partial charge < -0.3 is 10.1 Å². The molecule has 5 nitrogen and oxygen atoms in total. The molecule has 0 aliphatic rings. The number of hydrogen-bond acceptors (Lipinski definition) is 5. The summed E-state index contributed by atoms with van der Waals surface area (Å²) in [5.41, 5.74) is 2.73. The first-order valence-corrected chi connectivity index (χ1v) is 6.88. The Balaban J connectivity index is 2.13. The lowest BCUT2D eigenvalue weighted by atomic mass is 10.1. The standard InChI is InChI=1S/C16H19N3O2/c1-4-14(16(20)21-3)19-13-7-5-12(6-8-13)15-17-10-9-11(2)18-15/h5-10,14,19H,4H2,1-3H3/t14-/m1/s1. The molecule has 1 atom stereocenters. The maximum absolute atomic E-state index is 11.6. The zero-order valence-electron chi connectivity index (χ0n) is 12.5. The summed E-state index contributed by atoms with van der Waals surface area (Å²) in [4.78, 5) is 20.2. The Morgan fingerprint density at radius 1 is 1.29 bits per heavy atom. The molecule has 1 heterocycles. The molecule has 110 valence electrons. The Morgan fingerprint density at radius 3 is 2.57 bits per heavy atom. The third-order valence-electron chi connectivity index (χ3n) is 3.17. The van der Waals surface area contributed by atoms with Crippen molar-refractivity contribution in [2.45, 2.75) is 26.3 Å². The molecule has 1 N–H and O–H groups in total. The van der Waals surface area contributed by atoms with E-state index in [1.807, 2.05) is 44.2 Å². The average molecular weight is 285 g/mol. The first kappa shape index (κ1) is 15.0. The highest BCUT2D eigenvalue weighted by Gasteiger charge is 2.16. The highest BCUT2D eigenvalue weighted by molar-refractivity contribution is 5.79. The van der Waals surface area contributed by atoms with E-state index in [1.54, 1.807) is 6.20 Å². The maximum atomic E-state index is 11.6. The molecule has 0 fully saturated rings. The number of benzene rings is 1. The first-order valence-electron chi connectivity index (χ1n) is 6.88. The highest BCUT2D eigenvalue weighted by atomic mass is 16.5. The number of rotatable bonds is 5. The number of aromatic nitrogens is 2. The van der Waals surface area contributed by atoms with Crippen molar-refractivity contribution < 1.29 is 9.53 Å². The predicted octanol–water partition coefficient (Wildman–Crippen LogP) is 2.82. The molecular weight excluding hydrogens is 266 g/mol. The molecule has 0 radical (unpaired) electrons. The Kier molecular flexibility index (Phi) is 4.87. The lowest BCUT2D eigenvalue weighted by Gasteiger charge is -2.15. The van der Waals surface area contributed by atoms with Crippen molar-refractivity contribution in [2.75, 3.05) is 12.4 Å². The number of carbonyl (C=O) groups is 1. The van der Waals surface area contributed by atoms with Crippen LogP contribution in [-0.2, 0) is 9.53 Å². The molecule has 21 heavy (non-hydrogen) atoms. The normalized spacial score (nSPS) is 11.8. The van der Waals surface area contributed by atoms with Crippen LogP contribution in [0.2, 0.25) is 0 Å². The number of methoxy groups -OCH3 is 1. The van der Waals surface area contributed by atoms with E-state index in [-0.39, 0.29) is 12.0 Å². The summed E-state index contributed by atoms with van der Waals surface area (Å²) in [6, 6.07) is 9.21. The largest absolute Gasteiger partial charge is 0.467 e.